The lowest BCUT2D eigenvalue weighted by atomic mass is 9.87. The summed E-state index contributed by atoms with van der Waals surface area (Å²) in [7, 11) is 0. The van der Waals surface area contributed by atoms with Crippen molar-refractivity contribution in [2.75, 3.05) is 5.73 Å². The van der Waals surface area contributed by atoms with Crippen LogP contribution < -0.4 is 5.73 Å². The number of nitrogen functional groups attached to an aromatic ring is 1. The van der Waals surface area contributed by atoms with Gasteiger partial charge in [0.25, 0.3) is 0 Å². The molecule has 0 radical (unpaired) electrons. The van der Waals surface area contributed by atoms with Gasteiger partial charge in [-0.1, -0.05) is 74.8 Å². The Bertz CT molecular complexity index is 533. The zero-order valence-electron chi connectivity index (χ0n) is 13.7. The normalized spacial score (nSPS) is 11.0. The van der Waals surface area contributed by atoms with E-state index in [4.69, 9.17) is 5.73 Å². The van der Waals surface area contributed by atoms with Crippen molar-refractivity contribution in [3.63, 3.8) is 0 Å². The second kappa shape index (κ2) is 7.65. The lowest BCUT2D eigenvalue weighted by molar-refractivity contribution is 0.590. The van der Waals surface area contributed by atoms with E-state index in [2.05, 4.69) is 86.9 Å². The standard InChI is InChI=1S/C10H13Br.C9H13N/c1-10(2,3)8-4-6-9(11)7-5-8;1-7(2)8-3-5-9(10)6-4-8/h4-7H,1-3H3;3-7H,10H2,1-2H3. The summed E-state index contributed by atoms with van der Waals surface area (Å²) in [5.41, 5.74) is 9.35. The Kier molecular flexibility index (Phi) is 6.47. The number of rotatable bonds is 1. The topological polar surface area (TPSA) is 26.0 Å². The maximum Gasteiger partial charge on any atom is 0.0314 e. The van der Waals surface area contributed by atoms with Crippen LogP contribution in [0.2, 0.25) is 0 Å². The van der Waals surface area contributed by atoms with Crippen LogP contribution in [0.5, 0.6) is 0 Å². The van der Waals surface area contributed by atoms with E-state index >= 15 is 0 Å². The van der Waals surface area contributed by atoms with Crippen LogP contribution >= 0.6 is 15.9 Å². The summed E-state index contributed by atoms with van der Waals surface area (Å²) < 4.78 is 1.14. The Labute approximate surface area is 137 Å². The molecule has 0 spiro atoms. The number of halogens is 1. The maximum absolute atomic E-state index is 5.53. The van der Waals surface area contributed by atoms with Gasteiger partial charge in [0, 0.05) is 10.2 Å². The highest BCUT2D eigenvalue weighted by atomic mass is 79.9. The predicted molar refractivity (Wildman–Crippen MR) is 97.8 cm³/mol. The molecule has 2 rings (SSSR count). The van der Waals surface area contributed by atoms with E-state index < -0.39 is 0 Å². The van der Waals surface area contributed by atoms with E-state index in [0.717, 1.165) is 10.2 Å². The molecule has 0 saturated heterocycles. The molecule has 0 aliphatic carbocycles. The number of benzene rings is 2. The Morgan fingerprint density at radius 3 is 1.71 bits per heavy atom. The Morgan fingerprint density at radius 1 is 0.857 bits per heavy atom. The fourth-order valence-electron chi connectivity index (χ4n) is 1.83. The summed E-state index contributed by atoms with van der Waals surface area (Å²) in [6.45, 7) is 11.0. The van der Waals surface area contributed by atoms with Gasteiger partial charge in [-0.2, -0.15) is 0 Å². The average molecular weight is 348 g/mol. The van der Waals surface area contributed by atoms with Gasteiger partial charge in [-0.15, -0.1) is 0 Å². The molecule has 0 saturated carbocycles. The van der Waals surface area contributed by atoms with Gasteiger partial charge in [0.05, 0.1) is 0 Å². The van der Waals surface area contributed by atoms with E-state index in [0.29, 0.717) is 5.92 Å². The molecule has 0 amide bonds. The van der Waals surface area contributed by atoms with Crippen molar-refractivity contribution in [2.24, 2.45) is 0 Å². The second-order valence-corrected chi connectivity index (χ2v) is 7.49. The Hall–Kier alpha value is -1.28. The average Bonchev–Trinajstić information content (AvgIpc) is 2.39. The summed E-state index contributed by atoms with van der Waals surface area (Å²) in [4.78, 5) is 0. The first-order valence-electron chi connectivity index (χ1n) is 7.31. The van der Waals surface area contributed by atoms with E-state index in [-0.39, 0.29) is 5.41 Å². The maximum atomic E-state index is 5.53. The molecule has 21 heavy (non-hydrogen) atoms. The van der Waals surface area contributed by atoms with Crippen LogP contribution in [0.4, 0.5) is 5.69 Å². The smallest absolute Gasteiger partial charge is 0.0314 e. The lowest BCUT2D eigenvalue weighted by Gasteiger charge is -2.18. The molecule has 2 N–H and O–H groups in total. The molecule has 0 aliphatic heterocycles. The molecule has 0 atom stereocenters. The zero-order valence-corrected chi connectivity index (χ0v) is 15.2. The SMILES string of the molecule is CC(C)(C)c1ccc(Br)cc1.CC(C)c1ccc(N)cc1. The van der Waals surface area contributed by atoms with Crippen LogP contribution in [0.3, 0.4) is 0 Å². The van der Waals surface area contributed by atoms with E-state index in [1.807, 2.05) is 12.1 Å². The number of anilines is 1. The molecule has 114 valence electrons. The van der Waals surface area contributed by atoms with Crippen LogP contribution in [-0.2, 0) is 5.41 Å². The first kappa shape index (κ1) is 17.8. The van der Waals surface area contributed by atoms with Crippen molar-refractivity contribution in [3.05, 3.63) is 64.1 Å². The van der Waals surface area contributed by atoms with Gasteiger partial charge in [-0.3, -0.25) is 0 Å². The van der Waals surface area contributed by atoms with E-state index in [1.165, 1.54) is 11.1 Å². The summed E-state index contributed by atoms with van der Waals surface area (Å²) in [5, 5.41) is 0. The predicted octanol–water partition coefficient (Wildman–Crippen LogP) is 6.14. The van der Waals surface area contributed by atoms with Crippen molar-refractivity contribution in [2.45, 2.75) is 46.0 Å². The third-order valence-corrected chi connectivity index (χ3v) is 3.84. The molecule has 0 aromatic heterocycles. The van der Waals surface area contributed by atoms with Gasteiger partial charge in [0.1, 0.15) is 0 Å². The molecule has 2 aromatic rings. The third kappa shape index (κ3) is 6.34. The van der Waals surface area contributed by atoms with Crippen molar-refractivity contribution >= 4 is 21.6 Å². The van der Waals surface area contributed by atoms with Crippen molar-refractivity contribution in [1.82, 2.24) is 0 Å². The minimum atomic E-state index is 0.265. The van der Waals surface area contributed by atoms with E-state index in [9.17, 15) is 0 Å². The molecule has 1 nitrogen and oxygen atoms in total. The fourth-order valence-corrected chi connectivity index (χ4v) is 2.10. The first-order valence-corrected chi connectivity index (χ1v) is 8.11. The highest BCUT2D eigenvalue weighted by molar-refractivity contribution is 9.10. The minimum Gasteiger partial charge on any atom is -0.399 e. The summed E-state index contributed by atoms with van der Waals surface area (Å²) in [6.07, 6.45) is 0. The molecule has 0 unspecified atom stereocenters. The van der Waals surface area contributed by atoms with Gasteiger partial charge in [0.2, 0.25) is 0 Å². The molecule has 2 aromatic carbocycles. The fraction of sp³-hybridized carbons (Fsp3) is 0.368. The number of hydrogen-bond acceptors (Lipinski definition) is 1. The quantitative estimate of drug-likeness (QED) is 0.616. The first-order chi connectivity index (χ1) is 9.70. The van der Waals surface area contributed by atoms with Gasteiger partial charge < -0.3 is 5.73 Å². The van der Waals surface area contributed by atoms with Crippen LogP contribution in [0.25, 0.3) is 0 Å². The van der Waals surface area contributed by atoms with Crippen molar-refractivity contribution < 1.29 is 0 Å². The highest BCUT2D eigenvalue weighted by Gasteiger charge is 2.12. The van der Waals surface area contributed by atoms with Gasteiger partial charge >= 0.3 is 0 Å². The van der Waals surface area contributed by atoms with Crippen LogP contribution in [-0.4, -0.2) is 0 Å². The monoisotopic (exact) mass is 347 g/mol. The van der Waals surface area contributed by atoms with Crippen LogP contribution in [0.15, 0.2) is 53.0 Å². The van der Waals surface area contributed by atoms with Gasteiger partial charge in [-0.05, 0) is 46.7 Å². The summed E-state index contributed by atoms with van der Waals surface area (Å²) >= 11 is 3.41. The molecule has 2 heteroatoms. The molecular formula is C19H26BrN. The highest BCUT2D eigenvalue weighted by Crippen LogP contribution is 2.23. The zero-order chi connectivity index (χ0) is 16.0. The molecular weight excluding hydrogens is 322 g/mol. The van der Waals surface area contributed by atoms with Crippen LogP contribution in [0.1, 0.15) is 51.7 Å². The Balaban J connectivity index is 0.000000211. The van der Waals surface area contributed by atoms with Gasteiger partial charge in [0.15, 0.2) is 0 Å². The number of nitrogens with two attached hydrogens (primary N) is 1. The van der Waals surface area contributed by atoms with Gasteiger partial charge in [-0.25, -0.2) is 0 Å². The minimum absolute atomic E-state index is 0.265. The molecule has 0 aliphatic rings. The summed E-state index contributed by atoms with van der Waals surface area (Å²) in [5.74, 6) is 0.598. The molecule has 0 heterocycles. The second-order valence-electron chi connectivity index (χ2n) is 6.58. The molecule has 0 bridgehead atoms. The molecule has 0 fully saturated rings. The van der Waals surface area contributed by atoms with E-state index in [1.54, 1.807) is 0 Å². The number of hydrogen-bond donors (Lipinski definition) is 1. The van der Waals surface area contributed by atoms with Crippen molar-refractivity contribution in [3.8, 4) is 0 Å². The lowest BCUT2D eigenvalue weighted by Crippen LogP contribution is -2.10. The third-order valence-electron chi connectivity index (χ3n) is 3.31. The largest absolute Gasteiger partial charge is 0.399 e. The summed E-state index contributed by atoms with van der Waals surface area (Å²) in [6, 6.07) is 16.5. The Morgan fingerprint density at radius 2 is 1.33 bits per heavy atom. The van der Waals surface area contributed by atoms with Crippen LogP contribution in [0, 0.1) is 0 Å². The van der Waals surface area contributed by atoms with Crippen molar-refractivity contribution in [1.29, 1.82) is 0 Å².